The van der Waals surface area contributed by atoms with Crippen LogP contribution in [0.25, 0.3) is 0 Å². The molecule has 0 spiro atoms. The number of non-ortho nitro benzene ring substituents is 1. The van der Waals surface area contributed by atoms with Gasteiger partial charge in [-0.2, -0.15) is 4.31 Å². The van der Waals surface area contributed by atoms with Crippen molar-refractivity contribution in [1.82, 2.24) is 4.31 Å². The number of hydrogen-bond donors (Lipinski definition) is 2. The van der Waals surface area contributed by atoms with Crippen LogP contribution in [0, 0.1) is 10.1 Å². The maximum atomic E-state index is 12.9. The molecule has 1 aromatic rings. The number of sulfonamides is 1. The van der Waals surface area contributed by atoms with Gasteiger partial charge >= 0.3 is 0 Å². The van der Waals surface area contributed by atoms with Crippen LogP contribution in [-0.4, -0.2) is 56.4 Å². The summed E-state index contributed by atoms with van der Waals surface area (Å²) in [5.74, 6) is -0.676. The highest BCUT2D eigenvalue weighted by Gasteiger charge is 2.32. The van der Waals surface area contributed by atoms with Crippen molar-refractivity contribution in [3.8, 4) is 0 Å². The Morgan fingerprint density at radius 2 is 2.08 bits per heavy atom. The molecule has 1 aliphatic rings. The number of anilines is 1. The smallest absolute Gasteiger partial charge is 0.270 e. The standard InChI is InChI=1S/C15H22N4O6S/c1-25-9-6-13(15(16)20)17-12-5-4-11(19(21)22)10-14(12)26(23,24)18-7-2-3-8-18/h4-5,10,13,17H,2-3,6-9H2,1H3,(H2,16,20). The molecule has 26 heavy (non-hydrogen) atoms. The zero-order chi connectivity index (χ0) is 19.3. The SMILES string of the molecule is COCCC(Nc1ccc([N+](=O)[O-])cc1S(=O)(=O)N1CCCC1)C(N)=O. The zero-order valence-electron chi connectivity index (χ0n) is 14.4. The molecular formula is C15H22N4O6S. The van der Waals surface area contributed by atoms with Gasteiger partial charge < -0.3 is 15.8 Å². The summed E-state index contributed by atoms with van der Waals surface area (Å²) in [5.41, 5.74) is 5.11. The summed E-state index contributed by atoms with van der Waals surface area (Å²) in [6.07, 6.45) is 1.69. The third-order valence-electron chi connectivity index (χ3n) is 4.14. The van der Waals surface area contributed by atoms with Crippen molar-refractivity contribution in [3.05, 3.63) is 28.3 Å². The first-order valence-electron chi connectivity index (χ1n) is 8.10. The van der Waals surface area contributed by atoms with Crippen molar-refractivity contribution in [1.29, 1.82) is 0 Å². The van der Waals surface area contributed by atoms with Crippen LogP contribution >= 0.6 is 0 Å². The molecule has 0 aliphatic carbocycles. The van der Waals surface area contributed by atoms with Crippen molar-refractivity contribution in [2.45, 2.75) is 30.2 Å². The number of rotatable bonds is 9. The molecule has 2 rings (SSSR count). The second-order valence-corrected chi connectivity index (χ2v) is 7.84. The zero-order valence-corrected chi connectivity index (χ0v) is 15.2. The van der Waals surface area contributed by atoms with Crippen LogP contribution in [0.2, 0.25) is 0 Å². The van der Waals surface area contributed by atoms with Gasteiger partial charge in [0, 0.05) is 38.9 Å². The summed E-state index contributed by atoms with van der Waals surface area (Å²) in [5, 5.41) is 13.9. The Labute approximate surface area is 151 Å². The first-order chi connectivity index (χ1) is 12.3. The number of hydrogen-bond acceptors (Lipinski definition) is 7. The molecule has 10 nitrogen and oxygen atoms in total. The van der Waals surface area contributed by atoms with E-state index < -0.39 is 26.9 Å². The number of carbonyl (C=O) groups is 1. The molecule has 1 aliphatic heterocycles. The third-order valence-corrected chi connectivity index (χ3v) is 6.08. The van der Waals surface area contributed by atoms with E-state index in [0.29, 0.717) is 13.1 Å². The lowest BCUT2D eigenvalue weighted by molar-refractivity contribution is -0.385. The Morgan fingerprint density at radius 3 is 2.62 bits per heavy atom. The van der Waals surface area contributed by atoms with E-state index in [9.17, 15) is 23.3 Å². The molecule has 1 saturated heterocycles. The van der Waals surface area contributed by atoms with Gasteiger partial charge in [-0.25, -0.2) is 8.42 Å². The van der Waals surface area contributed by atoms with E-state index in [1.807, 2.05) is 0 Å². The van der Waals surface area contributed by atoms with Crippen LogP contribution in [0.5, 0.6) is 0 Å². The number of carbonyl (C=O) groups excluding carboxylic acids is 1. The van der Waals surface area contributed by atoms with Crippen LogP contribution in [0.3, 0.4) is 0 Å². The quantitative estimate of drug-likeness (QED) is 0.469. The van der Waals surface area contributed by atoms with Crippen LogP contribution < -0.4 is 11.1 Å². The van der Waals surface area contributed by atoms with E-state index in [2.05, 4.69) is 5.32 Å². The number of primary amides is 1. The minimum Gasteiger partial charge on any atom is -0.385 e. The summed E-state index contributed by atoms with van der Waals surface area (Å²) in [6.45, 7) is 0.947. The Bertz CT molecular complexity index is 776. The van der Waals surface area contributed by atoms with E-state index >= 15 is 0 Å². The number of nitrogens with two attached hydrogens (primary N) is 1. The van der Waals surface area contributed by atoms with Crippen LogP contribution in [0.1, 0.15) is 19.3 Å². The lowest BCUT2D eigenvalue weighted by atomic mass is 10.2. The largest absolute Gasteiger partial charge is 0.385 e. The van der Waals surface area contributed by atoms with E-state index in [1.54, 1.807) is 0 Å². The fourth-order valence-corrected chi connectivity index (χ4v) is 4.43. The maximum Gasteiger partial charge on any atom is 0.270 e. The second kappa shape index (κ2) is 8.43. The van der Waals surface area contributed by atoms with Gasteiger partial charge in [-0.1, -0.05) is 0 Å². The monoisotopic (exact) mass is 386 g/mol. The maximum absolute atomic E-state index is 12.9. The molecule has 1 unspecified atom stereocenters. The van der Waals surface area contributed by atoms with Crippen LogP contribution in [-0.2, 0) is 19.6 Å². The molecule has 1 amide bonds. The van der Waals surface area contributed by atoms with Gasteiger partial charge in [0.05, 0.1) is 10.6 Å². The van der Waals surface area contributed by atoms with Gasteiger partial charge in [-0.15, -0.1) is 0 Å². The lowest BCUT2D eigenvalue weighted by Gasteiger charge is -2.21. The topological polar surface area (TPSA) is 145 Å². The number of nitro groups is 1. The Balaban J connectivity index is 2.44. The number of nitrogens with one attached hydrogen (secondary N) is 1. The van der Waals surface area contributed by atoms with E-state index in [1.165, 1.54) is 23.5 Å². The number of benzene rings is 1. The Morgan fingerprint density at radius 1 is 1.42 bits per heavy atom. The molecule has 1 atom stereocenters. The highest BCUT2D eigenvalue weighted by molar-refractivity contribution is 7.89. The van der Waals surface area contributed by atoms with Crippen molar-refractivity contribution in [2.24, 2.45) is 5.73 Å². The van der Waals surface area contributed by atoms with Crippen molar-refractivity contribution >= 4 is 27.3 Å². The molecule has 0 bridgehead atoms. The molecule has 0 radical (unpaired) electrons. The van der Waals surface area contributed by atoms with Crippen LogP contribution in [0.15, 0.2) is 23.1 Å². The van der Waals surface area contributed by atoms with Crippen molar-refractivity contribution < 1.29 is 22.9 Å². The number of ether oxygens (including phenoxy) is 1. The third kappa shape index (κ3) is 4.48. The van der Waals surface area contributed by atoms with Gasteiger partial charge in [-0.3, -0.25) is 14.9 Å². The average Bonchev–Trinajstić information content (AvgIpc) is 3.13. The minimum atomic E-state index is -3.93. The summed E-state index contributed by atoms with van der Waals surface area (Å²) < 4.78 is 32.0. The molecule has 1 fully saturated rings. The van der Waals surface area contributed by atoms with Crippen molar-refractivity contribution in [2.75, 3.05) is 32.1 Å². The normalized spacial score (nSPS) is 16.3. The number of methoxy groups -OCH3 is 1. The highest BCUT2D eigenvalue weighted by atomic mass is 32.2. The summed E-state index contributed by atoms with van der Waals surface area (Å²) in [4.78, 5) is 21.8. The highest BCUT2D eigenvalue weighted by Crippen LogP contribution is 2.31. The van der Waals surface area contributed by atoms with Gasteiger partial charge in [-0.05, 0) is 25.3 Å². The molecule has 0 saturated carbocycles. The average molecular weight is 386 g/mol. The molecule has 11 heteroatoms. The van der Waals surface area contributed by atoms with Crippen LogP contribution in [0.4, 0.5) is 11.4 Å². The molecule has 3 N–H and O–H groups in total. The van der Waals surface area contributed by atoms with Gasteiger partial charge in [0.25, 0.3) is 5.69 Å². The number of nitrogens with zero attached hydrogens (tertiary/aromatic N) is 2. The molecule has 1 aromatic carbocycles. The second-order valence-electron chi connectivity index (χ2n) is 5.93. The molecule has 0 aromatic heterocycles. The van der Waals surface area contributed by atoms with Crippen molar-refractivity contribution in [3.63, 3.8) is 0 Å². The Kier molecular flexibility index (Phi) is 6.51. The first-order valence-corrected chi connectivity index (χ1v) is 9.54. The van der Waals surface area contributed by atoms with Gasteiger partial charge in [0.2, 0.25) is 15.9 Å². The van der Waals surface area contributed by atoms with E-state index in [0.717, 1.165) is 18.9 Å². The number of nitro benzene ring substituents is 1. The molecule has 144 valence electrons. The first kappa shape index (κ1) is 20.1. The Hall–Kier alpha value is -2.24. The summed E-state index contributed by atoms with van der Waals surface area (Å²) in [7, 11) is -2.47. The van der Waals surface area contributed by atoms with Gasteiger partial charge in [0.15, 0.2) is 0 Å². The fourth-order valence-electron chi connectivity index (χ4n) is 2.73. The minimum absolute atomic E-state index is 0.0994. The molecule has 1 heterocycles. The fraction of sp³-hybridized carbons (Fsp3) is 0.533. The summed E-state index contributed by atoms with van der Waals surface area (Å²) >= 11 is 0. The predicted octanol–water partition coefficient (Wildman–Crippen LogP) is 0.682. The van der Waals surface area contributed by atoms with E-state index in [-0.39, 0.29) is 29.3 Å². The predicted molar refractivity (Wildman–Crippen MR) is 94.2 cm³/mol. The van der Waals surface area contributed by atoms with Gasteiger partial charge in [0.1, 0.15) is 10.9 Å². The lowest BCUT2D eigenvalue weighted by Crippen LogP contribution is -2.37. The van der Waals surface area contributed by atoms with E-state index in [4.69, 9.17) is 10.5 Å². The number of amides is 1. The molecular weight excluding hydrogens is 364 g/mol. The summed E-state index contributed by atoms with van der Waals surface area (Å²) in [6, 6.07) is 2.59.